The highest BCUT2D eigenvalue weighted by Crippen LogP contribution is 2.58. The van der Waals surface area contributed by atoms with Crippen molar-refractivity contribution in [3.8, 4) is 0 Å². The Morgan fingerprint density at radius 1 is 1.03 bits per heavy atom. The second-order valence-electron chi connectivity index (χ2n) is 11.4. The summed E-state index contributed by atoms with van der Waals surface area (Å²) in [7, 11) is 0. The minimum Gasteiger partial charge on any atom is -0.454 e. The average molecular weight is 545 g/mol. The van der Waals surface area contributed by atoms with E-state index in [-0.39, 0.29) is 11.7 Å². The number of hydrogen-bond acceptors (Lipinski definition) is 8. The number of Topliss-reactive ketones (excluding diaryl/α,β-unsaturated/α-hetero) is 1. The lowest BCUT2D eigenvalue weighted by Gasteiger charge is -2.47. The van der Waals surface area contributed by atoms with Crippen LogP contribution < -0.4 is 0 Å². The standard InChI is InChI=1S/C31H44O8/c1-10-16(5)14-21(32)37-28-24(31(9)15-36-31)23-20(13-4)25(33)27(39-30(35)18(7)12-3)22(23)19(8)26(28)38-29(34)17(6)11-2/h13-14,17-18,22-24,26-28H,8,10-12,15H2,1-7,9H3/b16-14-,20-13-/t17-,18-,22-,23+,24-,26-,27-,28+,31+/m1/s1. The van der Waals surface area contributed by atoms with Gasteiger partial charge in [0.05, 0.1) is 24.0 Å². The second kappa shape index (κ2) is 12.2. The first-order valence-corrected chi connectivity index (χ1v) is 14.2. The molecule has 0 amide bonds. The number of rotatable bonds is 10. The fraction of sp³-hybridized carbons (Fsp3) is 0.677. The molecule has 0 N–H and O–H groups in total. The van der Waals surface area contributed by atoms with Crippen molar-refractivity contribution in [2.75, 3.05) is 6.61 Å². The van der Waals surface area contributed by atoms with Crippen molar-refractivity contribution in [1.29, 1.82) is 0 Å². The summed E-state index contributed by atoms with van der Waals surface area (Å²) in [5, 5.41) is 0. The van der Waals surface area contributed by atoms with Crippen molar-refractivity contribution < 1.29 is 38.1 Å². The van der Waals surface area contributed by atoms with Crippen LogP contribution in [0.5, 0.6) is 0 Å². The molecule has 9 atom stereocenters. The van der Waals surface area contributed by atoms with Crippen LogP contribution >= 0.6 is 0 Å². The number of ketones is 1. The summed E-state index contributed by atoms with van der Waals surface area (Å²) in [6.45, 7) is 19.4. The number of hydrogen-bond donors (Lipinski definition) is 0. The van der Waals surface area contributed by atoms with Crippen LogP contribution in [0.3, 0.4) is 0 Å². The summed E-state index contributed by atoms with van der Waals surface area (Å²) in [5.74, 6) is -4.25. The van der Waals surface area contributed by atoms with Gasteiger partial charge in [0.15, 0.2) is 18.0 Å². The van der Waals surface area contributed by atoms with Crippen LogP contribution in [0.25, 0.3) is 0 Å². The predicted molar refractivity (Wildman–Crippen MR) is 145 cm³/mol. The number of esters is 3. The smallest absolute Gasteiger partial charge is 0.331 e. The van der Waals surface area contributed by atoms with Gasteiger partial charge in [-0.15, -0.1) is 0 Å². The Kier molecular flexibility index (Phi) is 9.63. The third-order valence-electron chi connectivity index (χ3n) is 8.75. The van der Waals surface area contributed by atoms with Gasteiger partial charge in [0.25, 0.3) is 0 Å². The zero-order valence-electron chi connectivity index (χ0n) is 24.6. The lowest BCUT2D eigenvalue weighted by molar-refractivity contribution is -0.180. The predicted octanol–water partition coefficient (Wildman–Crippen LogP) is 4.91. The summed E-state index contributed by atoms with van der Waals surface area (Å²) in [6, 6.07) is 0. The van der Waals surface area contributed by atoms with Gasteiger partial charge in [-0.2, -0.15) is 0 Å². The Balaban J connectivity index is 2.14. The highest BCUT2D eigenvalue weighted by Gasteiger charge is 2.67. The molecule has 1 aliphatic heterocycles. The first-order valence-electron chi connectivity index (χ1n) is 14.2. The van der Waals surface area contributed by atoms with Gasteiger partial charge in [-0.05, 0) is 51.2 Å². The van der Waals surface area contributed by atoms with E-state index in [9.17, 15) is 19.2 Å². The lowest BCUT2D eigenvalue weighted by Crippen LogP contribution is -2.56. The fourth-order valence-electron chi connectivity index (χ4n) is 5.57. The quantitative estimate of drug-likeness (QED) is 0.126. The van der Waals surface area contributed by atoms with Gasteiger partial charge >= 0.3 is 17.9 Å². The number of carbonyl (C=O) groups excluding carboxylic acids is 4. The molecule has 3 fully saturated rings. The van der Waals surface area contributed by atoms with Crippen molar-refractivity contribution in [3.05, 3.63) is 35.5 Å². The van der Waals surface area contributed by atoms with Crippen LogP contribution in [-0.2, 0) is 38.1 Å². The van der Waals surface area contributed by atoms with Crippen LogP contribution in [0.15, 0.2) is 35.5 Å². The van der Waals surface area contributed by atoms with E-state index in [4.69, 9.17) is 18.9 Å². The van der Waals surface area contributed by atoms with E-state index < -0.39 is 65.5 Å². The van der Waals surface area contributed by atoms with E-state index in [2.05, 4.69) is 6.58 Å². The Bertz CT molecular complexity index is 1060. The van der Waals surface area contributed by atoms with E-state index in [1.165, 1.54) is 6.08 Å². The molecular weight excluding hydrogens is 500 g/mol. The molecule has 1 heterocycles. The molecule has 3 rings (SSSR count). The van der Waals surface area contributed by atoms with Crippen molar-refractivity contribution in [1.82, 2.24) is 0 Å². The van der Waals surface area contributed by atoms with E-state index in [0.29, 0.717) is 37.0 Å². The van der Waals surface area contributed by atoms with Crippen molar-refractivity contribution in [2.45, 2.75) is 98.6 Å². The molecule has 0 aromatic heterocycles. The molecule has 8 nitrogen and oxygen atoms in total. The van der Waals surface area contributed by atoms with Gasteiger partial charge in [0.2, 0.25) is 0 Å². The maximum Gasteiger partial charge on any atom is 0.331 e. The largest absolute Gasteiger partial charge is 0.454 e. The zero-order chi connectivity index (χ0) is 29.2. The molecule has 0 unspecified atom stereocenters. The minimum absolute atomic E-state index is 0.305. The molecule has 3 aliphatic rings. The molecule has 0 bridgehead atoms. The second-order valence-corrected chi connectivity index (χ2v) is 11.4. The molecule has 216 valence electrons. The number of allylic oxidation sites excluding steroid dienone is 2. The maximum atomic E-state index is 13.7. The number of carbonyl (C=O) groups is 4. The molecule has 39 heavy (non-hydrogen) atoms. The van der Waals surface area contributed by atoms with Gasteiger partial charge < -0.3 is 18.9 Å². The van der Waals surface area contributed by atoms with Crippen LogP contribution in [0.2, 0.25) is 0 Å². The maximum absolute atomic E-state index is 13.7. The monoisotopic (exact) mass is 544 g/mol. The topological polar surface area (TPSA) is 109 Å². The summed E-state index contributed by atoms with van der Waals surface area (Å²) >= 11 is 0. The SMILES string of the molecule is C=C1[C@@H]2[C@H](/C(=C/C)C(=O)[C@@H]2OC(=O)[C@H](C)CC)[C@@H]([C@]2(C)CO2)[C@H](OC(=O)/C=C(/C)CC)[C@@H]1OC(=O)[C@H](C)CC. The molecule has 0 aromatic rings. The zero-order valence-corrected chi connectivity index (χ0v) is 24.6. The van der Waals surface area contributed by atoms with E-state index in [1.807, 2.05) is 34.6 Å². The van der Waals surface area contributed by atoms with Gasteiger partial charge in [-0.1, -0.05) is 52.8 Å². The van der Waals surface area contributed by atoms with Crippen molar-refractivity contribution in [3.63, 3.8) is 0 Å². The third-order valence-corrected chi connectivity index (χ3v) is 8.75. The summed E-state index contributed by atoms with van der Waals surface area (Å²) < 4.78 is 23.8. The number of epoxide rings is 1. The first-order chi connectivity index (χ1) is 18.3. The van der Waals surface area contributed by atoms with Crippen molar-refractivity contribution in [2.24, 2.45) is 29.6 Å². The number of fused-ring (bicyclic) bond motifs is 1. The Labute approximate surface area is 232 Å². The van der Waals surface area contributed by atoms with E-state index >= 15 is 0 Å². The summed E-state index contributed by atoms with van der Waals surface area (Å²) in [5.41, 5.74) is 0.993. The molecule has 2 aliphatic carbocycles. The van der Waals surface area contributed by atoms with Crippen molar-refractivity contribution >= 4 is 23.7 Å². The molecule has 0 aromatic carbocycles. The fourth-order valence-corrected chi connectivity index (χ4v) is 5.57. The van der Waals surface area contributed by atoms with Crippen LogP contribution in [0.1, 0.15) is 74.7 Å². The van der Waals surface area contributed by atoms with Crippen LogP contribution in [0.4, 0.5) is 0 Å². The summed E-state index contributed by atoms with van der Waals surface area (Å²) in [6.07, 6.45) is 1.88. The average Bonchev–Trinajstić information content (AvgIpc) is 3.59. The van der Waals surface area contributed by atoms with Gasteiger partial charge in [-0.3, -0.25) is 14.4 Å². The molecule has 1 saturated heterocycles. The molecular formula is C31H44O8. The third kappa shape index (κ3) is 6.06. The van der Waals surface area contributed by atoms with E-state index in [1.54, 1.807) is 26.8 Å². The molecule has 0 spiro atoms. The highest BCUT2D eigenvalue weighted by molar-refractivity contribution is 6.04. The van der Waals surface area contributed by atoms with E-state index in [0.717, 1.165) is 5.57 Å². The number of ether oxygens (including phenoxy) is 4. The van der Waals surface area contributed by atoms with Gasteiger partial charge in [0.1, 0.15) is 6.10 Å². The Morgan fingerprint density at radius 3 is 2.03 bits per heavy atom. The summed E-state index contributed by atoms with van der Waals surface area (Å²) in [4.78, 5) is 52.7. The highest BCUT2D eigenvalue weighted by atomic mass is 16.6. The minimum atomic E-state index is -1.11. The normalized spacial score (nSPS) is 34.8. The first kappa shape index (κ1) is 30.8. The molecule has 0 radical (unpaired) electrons. The molecule has 2 saturated carbocycles. The Morgan fingerprint density at radius 2 is 1.56 bits per heavy atom. The van der Waals surface area contributed by atoms with Gasteiger partial charge in [0, 0.05) is 23.8 Å². The van der Waals surface area contributed by atoms with Gasteiger partial charge in [-0.25, -0.2) is 4.79 Å². The van der Waals surface area contributed by atoms with Crippen LogP contribution in [-0.4, -0.2) is 54.2 Å². The lowest BCUT2D eigenvalue weighted by atomic mass is 9.63. The molecule has 8 heteroatoms. The van der Waals surface area contributed by atoms with Crippen LogP contribution in [0, 0.1) is 29.6 Å². The Hall–Kier alpha value is -2.74.